The number of benzene rings is 1. The van der Waals surface area contributed by atoms with E-state index in [1.165, 1.54) is 0 Å². The lowest BCUT2D eigenvalue weighted by atomic mass is 9.83. The van der Waals surface area contributed by atoms with Gasteiger partial charge in [-0.25, -0.2) is 9.78 Å². The van der Waals surface area contributed by atoms with E-state index in [0.717, 1.165) is 55.3 Å². The molecule has 0 bridgehead atoms. The van der Waals surface area contributed by atoms with Crippen LogP contribution in [0.5, 0.6) is 0 Å². The lowest BCUT2D eigenvalue weighted by Crippen LogP contribution is -2.42. The molecule has 5 N–H and O–H groups in total. The molecule has 1 heterocycles. The molecule has 1 aromatic carbocycles. The number of carbonyl (C=O) groups excluding carboxylic acids is 3. The normalized spacial score (nSPS) is 15.4. The first-order valence-corrected chi connectivity index (χ1v) is 12.9. The van der Waals surface area contributed by atoms with Crippen molar-refractivity contribution in [3.05, 3.63) is 46.6 Å². The van der Waals surface area contributed by atoms with Gasteiger partial charge in [0, 0.05) is 17.5 Å². The van der Waals surface area contributed by atoms with Crippen LogP contribution in [0.15, 0.2) is 24.3 Å². The zero-order valence-corrected chi connectivity index (χ0v) is 21.6. The molecule has 0 aliphatic heterocycles. The maximum absolute atomic E-state index is 12.8. The van der Waals surface area contributed by atoms with E-state index >= 15 is 0 Å². The molecular formula is C27H37N5O5. The number of anilines is 2. The van der Waals surface area contributed by atoms with Crippen LogP contribution in [0.3, 0.4) is 0 Å². The van der Waals surface area contributed by atoms with Gasteiger partial charge in [0.15, 0.2) is 0 Å². The van der Waals surface area contributed by atoms with Crippen LogP contribution in [-0.4, -0.2) is 47.1 Å². The van der Waals surface area contributed by atoms with Crippen molar-refractivity contribution in [2.24, 2.45) is 5.92 Å². The van der Waals surface area contributed by atoms with Crippen LogP contribution in [0, 0.1) is 5.92 Å². The van der Waals surface area contributed by atoms with Crippen molar-refractivity contribution >= 4 is 29.6 Å². The number of nitrogens with zero attached hydrogens (tertiary/aromatic N) is 2. The molecule has 2 atom stereocenters. The summed E-state index contributed by atoms with van der Waals surface area (Å²) in [6, 6.07) is 6.43. The largest absolute Gasteiger partial charge is 0.466 e. The van der Waals surface area contributed by atoms with Crippen molar-refractivity contribution in [3.8, 4) is 0 Å². The Hall–Kier alpha value is -3.69. The number of carbonyl (C=O) groups is 3. The average molecular weight is 512 g/mol. The lowest BCUT2D eigenvalue weighted by molar-refractivity contribution is -0.146. The first-order chi connectivity index (χ1) is 17.8. The van der Waals surface area contributed by atoms with Crippen molar-refractivity contribution in [2.45, 2.75) is 71.3 Å². The predicted molar refractivity (Wildman–Crippen MR) is 140 cm³/mol. The Labute approximate surface area is 217 Å². The molecule has 1 aliphatic carbocycles. The Balaban J connectivity index is 1.49. The molecule has 3 rings (SSSR count). The van der Waals surface area contributed by atoms with Gasteiger partial charge >= 0.3 is 11.9 Å². The minimum atomic E-state index is -0.923. The Morgan fingerprint density at radius 2 is 1.81 bits per heavy atom. The fourth-order valence-corrected chi connectivity index (χ4v) is 4.62. The highest BCUT2D eigenvalue weighted by molar-refractivity contribution is 5.96. The molecule has 10 nitrogen and oxygen atoms in total. The average Bonchev–Trinajstić information content (AvgIpc) is 2.87. The zero-order chi connectivity index (χ0) is 26.8. The first-order valence-electron chi connectivity index (χ1n) is 12.9. The van der Waals surface area contributed by atoms with Gasteiger partial charge in [-0.15, -0.1) is 0 Å². The number of nitrogens with one attached hydrogen (secondary N) is 1. The highest BCUT2D eigenvalue weighted by Gasteiger charge is 2.25. The van der Waals surface area contributed by atoms with E-state index in [9.17, 15) is 14.4 Å². The summed E-state index contributed by atoms with van der Waals surface area (Å²) in [5.41, 5.74) is 15.3. The summed E-state index contributed by atoms with van der Waals surface area (Å²) in [6.45, 7) is 3.84. The van der Waals surface area contributed by atoms with Crippen molar-refractivity contribution in [2.75, 3.05) is 24.7 Å². The van der Waals surface area contributed by atoms with E-state index in [-0.39, 0.29) is 32.0 Å². The molecule has 200 valence electrons. The first kappa shape index (κ1) is 27.9. The highest BCUT2D eigenvalue weighted by atomic mass is 16.5. The van der Waals surface area contributed by atoms with E-state index in [2.05, 4.69) is 15.3 Å². The number of esters is 2. The van der Waals surface area contributed by atoms with Gasteiger partial charge in [-0.1, -0.05) is 12.1 Å². The molecule has 0 saturated heterocycles. The fraction of sp³-hybridized carbons (Fsp3) is 0.519. The van der Waals surface area contributed by atoms with Crippen molar-refractivity contribution in [3.63, 3.8) is 0 Å². The minimum Gasteiger partial charge on any atom is -0.466 e. The SMILES string of the molecule is CCOC(=O)CC[C@H](NC(=O)c1ccc(CCCC2CCc3nc(N)nc(N)c3C2)cc1)C(=O)OCC. The van der Waals surface area contributed by atoms with Gasteiger partial charge in [0.1, 0.15) is 11.9 Å². The second-order valence-electron chi connectivity index (χ2n) is 9.21. The molecule has 0 saturated carbocycles. The van der Waals surface area contributed by atoms with Crippen molar-refractivity contribution in [1.82, 2.24) is 15.3 Å². The van der Waals surface area contributed by atoms with E-state index in [1.54, 1.807) is 26.0 Å². The summed E-state index contributed by atoms with van der Waals surface area (Å²) in [4.78, 5) is 45.1. The number of nitrogens with two attached hydrogens (primary N) is 2. The monoisotopic (exact) mass is 511 g/mol. The number of fused-ring (bicyclic) bond motifs is 1. The third-order valence-electron chi connectivity index (χ3n) is 6.54. The number of nitrogen functional groups attached to an aromatic ring is 2. The molecule has 1 aliphatic rings. The summed E-state index contributed by atoms with van der Waals surface area (Å²) in [7, 11) is 0. The molecule has 1 amide bonds. The van der Waals surface area contributed by atoms with Crippen LogP contribution >= 0.6 is 0 Å². The molecule has 0 radical (unpaired) electrons. The van der Waals surface area contributed by atoms with Gasteiger partial charge in [-0.05, 0) is 82.4 Å². The fourth-order valence-electron chi connectivity index (χ4n) is 4.62. The van der Waals surface area contributed by atoms with Crippen LogP contribution in [0.25, 0.3) is 0 Å². The van der Waals surface area contributed by atoms with Crippen molar-refractivity contribution < 1.29 is 23.9 Å². The molecule has 0 fully saturated rings. The molecule has 10 heteroatoms. The van der Waals surface area contributed by atoms with Crippen LogP contribution in [0.1, 0.15) is 73.1 Å². The van der Waals surface area contributed by atoms with E-state index in [0.29, 0.717) is 17.3 Å². The van der Waals surface area contributed by atoms with Crippen LogP contribution < -0.4 is 16.8 Å². The maximum Gasteiger partial charge on any atom is 0.328 e. The Kier molecular flexibility index (Phi) is 10.2. The van der Waals surface area contributed by atoms with Crippen LogP contribution in [-0.2, 0) is 38.3 Å². The second-order valence-corrected chi connectivity index (χ2v) is 9.21. The lowest BCUT2D eigenvalue weighted by Gasteiger charge is -2.24. The van der Waals surface area contributed by atoms with Gasteiger partial charge in [-0.2, -0.15) is 4.98 Å². The number of aryl methyl sites for hydroxylation is 2. The number of aromatic nitrogens is 2. The third-order valence-corrected chi connectivity index (χ3v) is 6.54. The number of hydrogen-bond donors (Lipinski definition) is 3. The summed E-state index contributed by atoms with van der Waals surface area (Å²) in [6.07, 6.45) is 5.89. The van der Waals surface area contributed by atoms with Gasteiger partial charge < -0.3 is 26.3 Å². The van der Waals surface area contributed by atoms with Gasteiger partial charge in [-0.3, -0.25) is 9.59 Å². The number of ether oxygens (including phenoxy) is 2. The van der Waals surface area contributed by atoms with Crippen LogP contribution in [0.2, 0.25) is 0 Å². The Bertz CT molecular complexity index is 1090. The molecule has 1 aromatic heterocycles. The van der Waals surface area contributed by atoms with Gasteiger partial charge in [0.25, 0.3) is 5.91 Å². The molecule has 2 aromatic rings. The molecule has 1 unspecified atom stereocenters. The summed E-state index contributed by atoms with van der Waals surface area (Å²) < 4.78 is 9.96. The molecular weight excluding hydrogens is 474 g/mol. The molecule has 0 spiro atoms. The summed E-state index contributed by atoms with van der Waals surface area (Å²) in [5.74, 6) is -0.128. The summed E-state index contributed by atoms with van der Waals surface area (Å²) in [5, 5.41) is 2.69. The standard InChI is InChI=1S/C27H37N5O5/c1-3-36-23(33)15-14-22(26(35)37-4-2)30-25(34)19-11-8-17(9-12-19)6-5-7-18-10-13-21-20(16-18)24(28)32-27(29)31-21/h8-9,11-12,18,22H,3-7,10,13-16H2,1-2H3,(H,30,34)(H4,28,29,31,32)/t18?,22-/m0/s1. The summed E-state index contributed by atoms with van der Waals surface area (Å²) >= 11 is 0. The van der Waals surface area contributed by atoms with E-state index < -0.39 is 23.9 Å². The number of rotatable bonds is 12. The van der Waals surface area contributed by atoms with Crippen molar-refractivity contribution in [1.29, 1.82) is 0 Å². The van der Waals surface area contributed by atoms with Gasteiger partial charge in [0.2, 0.25) is 5.95 Å². The minimum absolute atomic E-state index is 0.0107. The highest BCUT2D eigenvalue weighted by Crippen LogP contribution is 2.30. The Morgan fingerprint density at radius 1 is 1.08 bits per heavy atom. The topological polar surface area (TPSA) is 160 Å². The molecule has 37 heavy (non-hydrogen) atoms. The van der Waals surface area contributed by atoms with Gasteiger partial charge in [0.05, 0.1) is 18.9 Å². The second kappa shape index (κ2) is 13.6. The van der Waals surface area contributed by atoms with Crippen LogP contribution in [0.4, 0.5) is 11.8 Å². The quantitative estimate of drug-likeness (QED) is 0.364. The number of hydrogen-bond acceptors (Lipinski definition) is 9. The smallest absolute Gasteiger partial charge is 0.328 e. The van der Waals surface area contributed by atoms with E-state index in [4.69, 9.17) is 20.9 Å². The Morgan fingerprint density at radius 3 is 2.51 bits per heavy atom. The zero-order valence-electron chi connectivity index (χ0n) is 21.6. The van der Waals surface area contributed by atoms with E-state index in [1.807, 2.05) is 12.1 Å². The maximum atomic E-state index is 12.8. The third kappa shape index (κ3) is 8.16. The number of amides is 1. The predicted octanol–water partition coefficient (Wildman–Crippen LogP) is 2.77.